The topological polar surface area (TPSA) is 35.5 Å². The molecule has 0 fully saturated rings. The molecule has 7 heteroatoms. The van der Waals surface area contributed by atoms with Crippen LogP contribution in [0.15, 0.2) is 91.0 Å². The molecule has 4 rings (SSSR count). The molecule has 0 unspecified atom stereocenters. The molecule has 3 aromatic carbocycles. The monoisotopic (exact) mass is 458 g/mol. The molecule has 0 bridgehead atoms. The van der Waals surface area contributed by atoms with Gasteiger partial charge in [-0.3, -0.25) is 4.52 Å². The summed E-state index contributed by atoms with van der Waals surface area (Å²) >= 11 is 0. The molecule has 0 saturated carbocycles. The van der Waals surface area contributed by atoms with Crippen LogP contribution in [0.4, 0.5) is 13.2 Å². The lowest BCUT2D eigenvalue weighted by Crippen LogP contribution is -2.19. The predicted octanol–water partition coefficient (Wildman–Crippen LogP) is 7.83. The van der Waals surface area contributed by atoms with Gasteiger partial charge in [0.05, 0.1) is 12.2 Å². The predicted molar refractivity (Wildman–Crippen MR) is 118 cm³/mol. The van der Waals surface area contributed by atoms with E-state index in [0.717, 1.165) is 23.3 Å². The molecule has 3 aromatic rings. The Labute approximate surface area is 185 Å². The van der Waals surface area contributed by atoms with Crippen LogP contribution in [0.25, 0.3) is 5.76 Å². The number of rotatable bonds is 5. The first-order valence-electron chi connectivity index (χ1n) is 10.2. The molecule has 166 valence electrons. The van der Waals surface area contributed by atoms with Crippen LogP contribution in [-0.4, -0.2) is 6.61 Å². The Balaban J connectivity index is 1.88. The number of hydrogen-bond donors (Lipinski definition) is 0. The van der Waals surface area contributed by atoms with Crippen molar-refractivity contribution in [2.24, 2.45) is 0 Å². The molecule has 1 aliphatic heterocycles. The summed E-state index contributed by atoms with van der Waals surface area (Å²) < 4.78 is 65.1. The van der Waals surface area contributed by atoms with Crippen LogP contribution in [0.2, 0.25) is 0 Å². The highest BCUT2D eigenvalue weighted by Crippen LogP contribution is 2.70. The first-order valence-corrected chi connectivity index (χ1v) is 11.9. The number of alkyl halides is 3. The Morgan fingerprint density at radius 2 is 1.47 bits per heavy atom. The molecule has 0 spiro atoms. The van der Waals surface area contributed by atoms with Gasteiger partial charge >= 0.3 is 13.8 Å². The third kappa shape index (κ3) is 4.52. The van der Waals surface area contributed by atoms with Crippen molar-refractivity contribution in [1.82, 2.24) is 0 Å². The van der Waals surface area contributed by atoms with E-state index in [4.69, 9.17) is 9.05 Å². The smallest absolute Gasteiger partial charge is 0.416 e. The second-order valence-corrected chi connectivity index (χ2v) is 9.52. The Hall–Kier alpha value is -2.82. The van der Waals surface area contributed by atoms with Gasteiger partial charge in [0, 0.05) is 11.5 Å². The summed E-state index contributed by atoms with van der Waals surface area (Å²) in [6.07, 6.45) is -2.58. The van der Waals surface area contributed by atoms with Crippen LogP contribution in [0.3, 0.4) is 0 Å². The summed E-state index contributed by atoms with van der Waals surface area (Å²) in [5.41, 5.74) is 0.529. The van der Waals surface area contributed by atoms with Crippen molar-refractivity contribution in [1.29, 1.82) is 0 Å². The van der Waals surface area contributed by atoms with Crippen LogP contribution in [-0.2, 0) is 19.8 Å². The Morgan fingerprint density at radius 3 is 2.03 bits per heavy atom. The summed E-state index contributed by atoms with van der Waals surface area (Å²) in [6, 6.07) is 23.4. The fraction of sp³-hybridized carbons (Fsp3) is 0.200. The van der Waals surface area contributed by atoms with Gasteiger partial charge < -0.3 is 4.52 Å². The van der Waals surface area contributed by atoms with Gasteiger partial charge in [0.2, 0.25) is 0 Å². The van der Waals surface area contributed by atoms with Crippen LogP contribution in [0, 0.1) is 0 Å². The minimum absolute atomic E-state index is 0.137. The minimum Gasteiger partial charge on any atom is -0.424 e. The standard InChI is InChI=1S/C25H22F3O3P/c1-2-30-32(29)24(20-13-15-21(16-14-20)25(26,27)28)22(18-9-5-3-6-10-18)17-23(31-32)19-11-7-4-8-12-19/h3-17,22,24H,2H2,1H3/t22-,24-,32-/m1/s1. The van der Waals surface area contributed by atoms with Gasteiger partial charge in [-0.25, -0.2) is 4.57 Å². The maximum Gasteiger partial charge on any atom is 0.416 e. The zero-order valence-corrected chi connectivity index (χ0v) is 18.2. The van der Waals surface area contributed by atoms with E-state index in [0.29, 0.717) is 11.3 Å². The molecule has 0 amide bonds. The maximum absolute atomic E-state index is 14.1. The van der Waals surface area contributed by atoms with Crippen LogP contribution >= 0.6 is 7.60 Å². The van der Waals surface area contributed by atoms with Gasteiger partial charge in [-0.15, -0.1) is 0 Å². The highest BCUT2D eigenvalue weighted by molar-refractivity contribution is 7.54. The van der Waals surface area contributed by atoms with E-state index in [2.05, 4.69) is 0 Å². The maximum atomic E-state index is 14.1. The fourth-order valence-corrected chi connectivity index (χ4v) is 6.24. The van der Waals surface area contributed by atoms with E-state index >= 15 is 0 Å². The molecule has 0 aliphatic carbocycles. The Morgan fingerprint density at radius 1 is 0.875 bits per heavy atom. The molecule has 0 radical (unpaired) electrons. The van der Waals surface area contributed by atoms with Crippen molar-refractivity contribution >= 4 is 13.4 Å². The SMILES string of the molecule is CCO[P@@]1(=O)OC(c2ccccc2)=C[C@H](c2ccccc2)[C@H]1c1ccc(C(F)(F)F)cc1. The Bertz CT molecular complexity index is 1130. The molecular formula is C25H22F3O3P. The lowest BCUT2D eigenvalue weighted by Gasteiger charge is -2.37. The minimum atomic E-state index is -4.45. The number of benzene rings is 3. The summed E-state index contributed by atoms with van der Waals surface area (Å²) in [5, 5.41) is 0. The molecular weight excluding hydrogens is 436 g/mol. The van der Waals surface area contributed by atoms with Gasteiger partial charge in [0.15, 0.2) is 0 Å². The lowest BCUT2D eigenvalue weighted by molar-refractivity contribution is -0.137. The van der Waals surface area contributed by atoms with Crippen molar-refractivity contribution in [2.75, 3.05) is 6.61 Å². The van der Waals surface area contributed by atoms with Crippen LogP contribution < -0.4 is 0 Å². The van der Waals surface area contributed by atoms with Gasteiger partial charge in [-0.05, 0) is 36.3 Å². The van der Waals surface area contributed by atoms with Crippen molar-refractivity contribution in [3.63, 3.8) is 0 Å². The third-order valence-corrected chi connectivity index (χ3v) is 7.74. The molecule has 1 heterocycles. The molecule has 3 nitrogen and oxygen atoms in total. The Kier molecular flexibility index (Phi) is 6.27. The van der Waals surface area contributed by atoms with E-state index in [1.54, 1.807) is 6.92 Å². The first kappa shape index (κ1) is 22.4. The number of hydrogen-bond acceptors (Lipinski definition) is 3. The third-order valence-electron chi connectivity index (χ3n) is 5.37. The second-order valence-electron chi connectivity index (χ2n) is 7.45. The highest BCUT2D eigenvalue weighted by Gasteiger charge is 2.47. The van der Waals surface area contributed by atoms with Gasteiger partial charge in [-0.1, -0.05) is 72.8 Å². The molecule has 0 aromatic heterocycles. The zero-order chi connectivity index (χ0) is 22.8. The average molecular weight is 458 g/mol. The van der Waals surface area contributed by atoms with E-state index in [-0.39, 0.29) is 6.61 Å². The molecule has 0 saturated heterocycles. The van der Waals surface area contributed by atoms with Gasteiger partial charge in [0.1, 0.15) is 11.4 Å². The van der Waals surface area contributed by atoms with Crippen molar-refractivity contribution in [2.45, 2.75) is 24.7 Å². The fourth-order valence-electron chi connectivity index (χ4n) is 3.93. The summed E-state index contributed by atoms with van der Waals surface area (Å²) in [6.45, 7) is 1.85. The normalized spacial score (nSPS) is 23.3. The summed E-state index contributed by atoms with van der Waals surface area (Å²) in [4.78, 5) is 0. The lowest BCUT2D eigenvalue weighted by atomic mass is 9.89. The van der Waals surface area contributed by atoms with E-state index in [1.807, 2.05) is 66.7 Å². The second kappa shape index (κ2) is 8.97. The van der Waals surface area contributed by atoms with Crippen molar-refractivity contribution in [3.05, 3.63) is 113 Å². The molecule has 32 heavy (non-hydrogen) atoms. The number of halogens is 3. The molecule has 0 N–H and O–H groups in total. The number of allylic oxidation sites excluding steroid dienone is 1. The molecule has 3 atom stereocenters. The summed E-state index contributed by atoms with van der Waals surface area (Å²) in [5.74, 6) is 0.00803. The van der Waals surface area contributed by atoms with E-state index < -0.39 is 30.9 Å². The largest absolute Gasteiger partial charge is 0.424 e. The van der Waals surface area contributed by atoms with Crippen molar-refractivity contribution < 1.29 is 26.8 Å². The van der Waals surface area contributed by atoms with Gasteiger partial charge in [0.25, 0.3) is 0 Å². The quantitative estimate of drug-likeness (QED) is 0.366. The van der Waals surface area contributed by atoms with E-state index in [1.165, 1.54) is 12.1 Å². The zero-order valence-electron chi connectivity index (χ0n) is 17.3. The van der Waals surface area contributed by atoms with Gasteiger partial charge in [-0.2, -0.15) is 13.2 Å². The summed E-state index contributed by atoms with van der Waals surface area (Å²) in [7, 11) is -3.79. The highest BCUT2D eigenvalue weighted by atomic mass is 31.2. The van der Waals surface area contributed by atoms with E-state index in [9.17, 15) is 17.7 Å². The van der Waals surface area contributed by atoms with Crippen LogP contribution in [0.5, 0.6) is 0 Å². The van der Waals surface area contributed by atoms with Crippen molar-refractivity contribution in [3.8, 4) is 0 Å². The average Bonchev–Trinajstić information content (AvgIpc) is 2.79. The first-order chi connectivity index (χ1) is 15.3. The molecule has 1 aliphatic rings. The van der Waals surface area contributed by atoms with Crippen LogP contribution in [0.1, 0.15) is 40.8 Å².